The fourth-order valence-electron chi connectivity index (χ4n) is 4.21. The van der Waals surface area contributed by atoms with Crippen LogP contribution in [0.15, 0.2) is 42.5 Å². The SMILES string of the molecule is COc1cc2c(cc1N(C)N1CCCCC1c1ccccc1)N(C)C(=O)SC2. The van der Waals surface area contributed by atoms with Crippen LogP contribution in [0.2, 0.25) is 0 Å². The summed E-state index contributed by atoms with van der Waals surface area (Å²) < 4.78 is 5.75. The number of thioether (sulfide) groups is 1. The molecular formula is C22H27N3O2S. The Hall–Kier alpha value is -2.18. The van der Waals surface area contributed by atoms with Gasteiger partial charge in [0.25, 0.3) is 5.24 Å². The van der Waals surface area contributed by atoms with Gasteiger partial charge in [0.15, 0.2) is 0 Å². The molecule has 1 unspecified atom stereocenters. The zero-order valence-electron chi connectivity index (χ0n) is 16.7. The number of benzene rings is 2. The molecule has 2 aliphatic heterocycles. The Bertz CT molecular complexity index is 858. The molecule has 4 rings (SSSR count). The van der Waals surface area contributed by atoms with Crippen molar-refractivity contribution in [1.29, 1.82) is 0 Å². The monoisotopic (exact) mass is 397 g/mol. The molecule has 0 radical (unpaired) electrons. The zero-order chi connectivity index (χ0) is 19.7. The van der Waals surface area contributed by atoms with Crippen LogP contribution in [0.4, 0.5) is 16.2 Å². The number of methoxy groups -OCH3 is 1. The van der Waals surface area contributed by atoms with Crippen LogP contribution in [0, 0.1) is 0 Å². The molecule has 0 aliphatic carbocycles. The van der Waals surface area contributed by atoms with Crippen molar-refractivity contribution >= 4 is 28.4 Å². The highest BCUT2D eigenvalue weighted by atomic mass is 32.2. The van der Waals surface area contributed by atoms with Gasteiger partial charge < -0.3 is 14.6 Å². The zero-order valence-corrected chi connectivity index (χ0v) is 17.5. The van der Waals surface area contributed by atoms with Crippen LogP contribution in [0.3, 0.4) is 0 Å². The maximum Gasteiger partial charge on any atom is 0.286 e. The van der Waals surface area contributed by atoms with E-state index in [1.54, 1.807) is 12.0 Å². The van der Waals surface area contributed by atoms with Gasteiger partial charge in [-0.05, 0) is 36.1 Å². The molecule has 0 spiro atoms. The number of rotatable bonds is 4. The smallest absolute Gasteiger partial charge is 0.286 e. The van der Waals surface area contributed by atoms with E-state index in [1.807, 2.05) is 7.05 Å². The third-order valence-corrected chi connectivity index (χ3v) is 6.74. The van der Waals surface area contributed by atoms with Gasteiger partial charge in [-0.3, -0.25) is 4.79 Å². The van der Waals surface area contributed by atoms with Gasteiger partial charge in [-0.15, -0.1) is 0 Å². The summed E-state index contributed by atoms with van der Waals surface area (Å²) in [6, 6.07) is 15.2. The maximum absolute atomic E-state index is 12.2. The number of anilines is 2. The van der Waals surface area contributed by atoms with Crippen molar-refractivity contribution in [3.8, 4) is 5.75 Å². The lowest BCUT2D eigenvalue weighted by Crippen LogP contribution is -2.45. The summed E-state index contributed by atoms with van der Waals surface area (Å²) >= 11 is 1.34. The van der Waals surface area contributed by atoms with Crippen LogP contribution in [0.25, 0.3) is 0 Å². The molecule has 148 valence electrons. The molecule has 1 fully saturated rings. The van der Waals surface area contributed by atoms with Gasteiger partial charge in [-0.1, -0.05) is 48.5 Å². The lowest BCUT2D eigenvalue weighted by Gasteiger charge is -2.43. The highest BCUT2D eigenvalue weighted by molar-refractivity contribution is 8.13. The molecule has 0 aromatic heterocycles. The minimum atomic E-state index is 0.0893. The molecule has 0 N–H and O–H groups in total. The Morgan fingerprint density at radius 1 is 1.18 bits per heavy atom. The Balaban J connectivity index is 1.72. The van der Waals surface area contributed by atoms with Gasteiger partial charge in [0, 0.05) is 26.4 Å². The van der Waals surface area contributed by atoms with Crippen LogP contribution < -0.4 is 14.6 Å². The topological polar surface area (TPSA) is 36.0 Å². The van der Waals surface area contributed by atoms with E-state index in [0.29, 0.717) is 11.8 Å². The van der Waals surface area contributed by atoms with Crippen LogP contribution >= 0.6 is 11.8 Å². The van der Waals surface area contributed by atoms with Gasteiger partial charge in [-0.2, -0.15) is 0 Å². The van der Waals surface area contributed by atoms with E-state index >= 15 is 0 Å². The number of hydrazine groups is 1. The first-order valence-electron chi connectivity index (χ1n) is 9.76. The van der Waals surface area contributed by atoms with Crippen molar-refractivity contribution in [1.82, 2.24) is 5.01 Å². The Kier molecular flexibility index (Phi) is 5.51. The number of ether oxygens (including phenoxy) is 1. The molecule has 1 saturated heterocycles. The first kappa shape index (κ1) is 19.2. The van der Waals surface area contributed by atoms with E-state index in [-0.39, 0.29) is 5.24 Å². The first-order chi connectivity index (χ1) is 13.6. The highest BCUT2D eigenvalue weighted by Crippen LogP contribution is 2.42. The first-order valence-corrected chi connectivity index (χ1v) is 10.8. The van der Waals surface area contributed by atoms with Crippen molar-refractivity contribution in [2.45, 2.75) is 31.1 Å². The second-order valence-corrected chi connectivity index (χ2v) is 8.30. The van der Waals surface area contributed by atoms with Crippen molar-refractivity contribution in [2.24, 2.45) is 0 Å². The standard InChI is InChI=1S/C22H27N3O2S/c1-23-19-14-20(21(27-3)13-17(19)15-28-22(23)26)24(2)25-12-8-7-11-18(25)16-9-5-4-6-10-16/h4-6,9-10,13-14,18H,7-8,11-12,15H2,1-3H3. The number of hydrogen-bond acceptors (Lipinski definition) is 5. The lowest BCUT2D eigenvalue weighted by molar-refractivity contribution is 0.140. The van der Waals surface area contributed by atoms with Gasteiger partial charge in [0.05, 0.1) is 24.5 Å². The molecule has 2 aliphatic rings. The van der Waals surface area contributed by atoms with E-state index in [4.69, 9.17) is 4.74 Å². The maximum atomic E-state index is 12.2. The van der Waals surface area contributed by atoms with E-state index in [0.717, 1.165) is 35.7 Å². The number of fused-ring (bicyclic) bond motifs is 1. The predicted molar refractivity (Wildman–Crippen MR) is 116 cm³/mol. The minimum Gasteiger partial charge on any atom is -0.495 e. The summed E-state index contributed by atoms with van der Waals surface area (Å²) in [6.45, 7) is 1.00. The molecule has 2 aromatic rings. The number of amides is 1. The Morgan fingerprint density at radius 3 is 2.71 bits per heavy atom. The summed E-state index contributed by atoms with van der Waals surface area (Å²) in [5, 5.41) is 4.74. The second-order valence-electron chi connectivity index (χ2n) is 7.38. The Labute approximate surface area is 171 Å². The highest BCUT2D eigenvalue weighted by Gasteiger charge is 2.30. The van der Waals surface area contributed by atoms with E-state index in [1.165, 1.54) is 30.2 Å². The average molecular weight is 398 g/mol. The van der Waals surface area contributed by atoms with Crippen molar-refractivity contribution < 1.29 is 9.53 Å². The Morgan fingerprint density at radius 2 is 1.96 bits per heavy atom. The molecule has 28 heavy (non-hydrogen) atoms. The molecule has 0 bridgehead atoms. The van der Waals surface area contributed by atoms with Crippen molar-refractivity contribution in [3.63, 3.8) is 0 Å². The third-order valence-electron chi connectivity index (χ3n) is 5.76. The summed E-state index contributed by atoms with van der Waals surface area (Å²) in [5.41, 5.74) is 4.45. The molecule has 1 amide bonds. The second kappa shape index (κ2) is 8.05. The fraction of sp³-hybridized carbons (Fsp3) is 0.409. The number of piperidine rings is 1. The normalized spacial score (nSPS) is 20.0. The number of carbonyl (C=O) groups is 1. The number of carbonyl (C=O) groups excluding carboxylic acids is 1. The molecule has 2 aromatic carbocycles. The predicted octanol–water partition coefficient (Wildman–Crippen LogP) is 5.08. The molecule has 6 heteroatoms. The molecule has 1 atom stereocenters. The van der Waals surface area contributed by atoms with Crippen molar-refractivity contribution in [3.05, 3.63) is 53.6 Å². The minimum absolute atomic E-state index is 0.0893. The molecular weight excluding hydrogens is 370 g/mol. The van der Waals surface area contributed by atoms with E-state index in [9.17, 15) is 4.79 Å². The summed E-state index contributed by atoms with van der Waals surface area (Å²) in [6.07, 6.45) is 3.55. The van der Waals surface area contributed by atoms with Crippen LogP contribution in [-0.2, 0) is 5.75 Å². The van der Waals surface area contributed by atoms with Gasteiger partial charge in [0.2, 0.25) is 0 Å². The molecule has 5 nitrogen and oxygen atoms in total. The lowest BCUT2D eigenvalue weighted by atomic mass is 9.96. The van der Waals surface area contributed by atoms with Crippen LogP contribution in [0.5, 0.6) is 5.75 Å². The van der Waals surface area contributed by atoms with Gasteiger partial charge in [0.1, 0.15) is 5.75 Å². The summed E-state index contributed by atoms with van der Waals surface area (Å²) in [4.78, 5) is 13.9. The number of hydrogen-bond donors (Lipinski definition) is 0. The van der Waals surface area contributed by atoms with E-state index in [2.05, 4.69) is 59.5 Å². The van der Waals surface area contributed by atoms with Crippen LogP contribution in [0.1, 0.15) is 36.4 Å². The summed E-state index contributed by atoms with van der Waals surface area (Å²) in [7, 11) is 5.66. The van der Waals surface area contributed by atoms with Crippen LogP contribution in [-0.4, -0.2) is 38.0 Å². The fourth-order valence-corrected chi connectivity index (χ4v) is 5.01. The molecule has 2 heterocycles. The van der Waals surface area contributed by atoms with Gasteiger partial charge in [-0.25, -0.2) is 5.01 Å². The van der Waals surface area contributed by atoms with Crippen molar-refractivity contribution in [2.75, 3.05) is 37.7 Å². The number of nitrogens with zero attached hydrogens (tertiary/aromatic N) is 3. The quantitative estimate of drug-likeness (QED) is 0.719. The van der Waals surface area contributed by atoms with E-state index < -0.39 is 0 Å². The van der Waals surface area contributed by atoms with Gasteiger partial charge >= 0.3 is 0 Å². The summed E-state index contributed by atoms with van der Waals surface area (Å²) in [5.74, 6) is 1.54. The third kappa shape index (κ3) is 3.47. The molecule has 0 saturated carbocycles. The average Bonchev–Trinajstić information content (AvgIpc) is 2.75. The largest absolute Gasteiger partial charge is 0.495 e.